The second-order valence-electron chi connectivity index (χ2n) is 5.99. The predicted octanol–water partition coefficient (Wildman–Crippen LogP) is 1.66. The van der Waals surface area contributed by atoms with Crippen molar-refractivity contribution in [2.45, 2.75) is 37.8 Å². The topological polar surface area (TPSA) is 70.7 Å². The lowest BCUT2D eigenvalue weighted by Gasteiger charge is -2.17. The number of carbonyl (C=O) groups excluding carboxylic acids is 2. The van der Waals surface area contributed by atoms with Gasteiger partial charge in [-0.3, -0.25) is 4.79 Å². The van der Waals surface area contributed by atoms with Gasteiger partial charge < -0.3 is 20.3 Å². The number of benzene rings is 1. The summed E-state index contributed by atoms with van der Waals surface area (Å²) in [4.78, 5) is 26.0. The molecule has 0 aliphatic carbocycles. The van der Waals surface area contributed by atoms with E-state index in [1.165, 1.54) is 0 Å². The molecule has 2 N–H and O–H groups in total. The van der Waals surface area contributed by atoms with Gasteiger partial charge in [-0.25, -0.2) is 4.79 Å². The Hall–Kier alpha value is -2.08. The molecule has 0 spiro atoms. The summed E-state index contributed by atoms with van der Waals surface area (Å²) in [6, 6.07) is 8.81. The molecule has 0 radical (unpaired) electrons. The van der Waals surface area contributed by atoms with Crippen molar-refractivity contribution < 1.29 is 14.3 Å². The largest absolute Gasteiger partial charge is 0.378 e. The van der Waals surface area contributed by atoms with Crippen molar-refractivity contribution in [2.75, 3.05) is 24.6 Å². The smallest absolute Gasteiger partial charge is 0.315 e. The fourth-order valence-electron chi connectivity index (χ4n) is 3.11. The minimum atomic E-state index is -0.446. The number of hydrogen-bond donors (Lipinski definition) is 2. The normalized spacial score (nSPS) is 24.0. The van der Waals surface area contributed by atoms with E-state index in [-0.39, 0.29) is 18.0 Å². The number of anilines is 1. The number of urea groups is 1. The van der Waals surface area contributed by atoms with Gasteiger partial charge in [0.15, 0.2) is 0 Å². The molecular formula is C17H23N3O3. The van der Waals surface area contributed by atoms with Crippen molar-refractivity contribution in [3.8, 4) is 0 Å². The lowest BCUT2D eigenvalue weighted by Crippen LogP contribution is -2.46. The highest BCUT2D eigenvalue weighted by atomic mass is 16.5. The number of ether oxygens (including phenoxy) is 1. The highest BCUT2D eigenvalue weighted by molar-refractivity contribution is 6.01. The number of carbonyl (C=O) groups is 2. The minimum Gasteiger partial charge on any atom is -0.378 e. The molecule has 3 amide bonds. The molecular weight excluding hydrogens is 294 g/mol. The van der Waals surface area contributed by atoms with E-state index in [2.05, 4.69) is 10.6 Å². The Kier molecular flexibility index (Phi) is 5.12. The van der Waals surface area contributed by atoms with Crippen molar-refractivity contribution in [3.63, 3.8) is 0 Å². The molecule has 2 heterocycles. The van der Waals surface area contributed by atoms with Crippen LogP contribution in [0.4, 0.5) is 10.5 Å². The lowest BCUT2D eigenvalue weighted by molar-refractivity contribution is -0.118. The van der Waals surface area contributed by atoms with Crippen LogP contribution in [0.5, 0.6) is 0 Å². The van der Waals surface area contributed by atoms with Crippen molar-refractivity contribution in [1.29, 1.82) is 0 Å². The summed E-state index contributed by atoms with van der Waals surface area (Å²) >= 11 is 0. The molecule has 3 rings (SSSR count). The van der Waals surface area contributed by atoms with Crippen LogP contribution < -0.4 is 15.5 Å². The van der Waals surface area contributed by atoms with E-state index in [1.54, 1.807) is 4.90 Å². The third kappa shape index (κ3) is 4.01. The van der Waals surface area contributed by atoms with Gasteiger partial charge in [-0.15, -0.1) is 0 Å². The number of rotatable bonds is 5. The maximum Gasteiger partial charge on any atom is 0.315 e. The molecule has 2 atom stereocenters. The molecule has 124 valence electrons. The molecule has 2 unspecified atom stereocenters. The molecule has 0 bridgehead atoms. The Labute approximate surface area is 136 Å². The first kappa shape index (κ1) is 15.8. The van der Waals surface area contributed by atoms with Crippen LogP contribution in [0.3, 0.4) is 0 Å². The highest BCUT2D eigenvalue weighted by Gasteiger charge is 2.33. The molecule has 2 aliphatic rings. The Morgan fingerprint density at radius 1 is 1.26 bits per heavy atom. The summed E-state index contributed by atoms with van der Waals surface area (Å²) in [5.41, 5.74) is 0.876. The molecule has 2 fully saturated rings. The fraction of sp³-hybridized carbons (Fsp3) is 0.529. The van der Waals surface area contributed by atoms with E-state index >= 15 is 0 Å². The molecule has 2 aliphatic heterocycles. The van der Waals surface area contributed by atoms with E-state index in [0.717, 1.165) is 31.6 Å². The van der Waals surface area contributed by atoms with Gasteiger partial charge >= 0.3 is 6.03 Å². The number of nitrogens with zero attached hydrogens (tertiary/aromatic N) is 1. The van der Waals surface area contributed by atoms with Crippen LogP contribution in [0, 0.1) is 0 Å². The Morgan fingerprint density at radius 3 is 2.83 bits per heavy atom. The highest BCUT2D eigenvalue weighted by Crippen LogP contribution is 2.21. The standard InChI is InChI=1S/C17H23N3O3/c21-16-15(9-11-20(16)13-5-2-1-3-6-13)19-17(22)18-10-8-14-7-4-12-23-14/h1-3,5-6,14-15H,4,7-12H2,(H2,18,19,22). The number of para-hydroxylation sites is 1. The zero-order chi connectivity index (χ0) is 16.1. The van der Waals surface area contributed by atoms with E-state index in [9.17, 15) is 9.59 Å². The van der Waals surface area contributed by atoms with Gasteiger partial charge in [0.1, 0.15) is 6.04 Å². The summed E-state index contributed by atoms with van der Waals surface area (Å²) in [5, 5.41) is 5.58. The van der Waals surface area contributed by atoms with Crippen LogP contribution in [0.2, 0.25) is 0 Å². The Balaban J connectivity index is 1.43. The molecule has 6 nitrogen and oxygen atoms in total. The number of nitrogens with one attached hydrogen (secondary N) is 2. The maximum atomic E-state index is 12.4. The summed E-state index contributed by atoms with van der Waals surface area (Å²) < 4.78 is 5.52. The lowest BCUT2D eigenvalue weighted by atomic mass is 10.2. The van der Waals surface area contributed by atoms with E-state index < -0.39 is 6.04 Å². The monoisotopic (exact) mass is 317 g/mol. The second kappa shape index (κ2) is 7.46. The van der Waals surface area contributed by atoms with Crippen LogP contribution in [0.25, 0.3) is 0 Å². The van der Waals surface area contributed by atoms with Crippen LogP contribution >= 0.6 is 0 Å². The van der Waals surface area contributed by atoms with Gasteiger partial charge in [0.25, 0.3) is 0 Å². The first-order valence-corrected chi connectivity index (χ1v) is 8.26. The van der Waals surface area contributed by atoms with Gasteiger partial charge in [0.2, 0.25) is 5.91 Å². The summed E-state index contributed by atoms with van der Waals surface area (Å²) in [5.74, 6) is -0.0505. The zero-order valence-corrected chi connectivity index (χ0v) is 13.2. The molecule has 2 saturated heterocycles. The molecule has 1 aromatic carbocycles. The van der Waals surface area contributed by atoms with Crippen LogP contribution in [0.1, 0.15) is 25.7 Å². The Bertz CT molecular complexity index is 543. The average molecular weight is 317 g/mol. The molecule has 1 aromatic rings. The predicted molar refractivity (Wildman–Crippen MR) is 87.3 cm³/mol. The molecule has 0 saturated carbocycles. The fourth-order valence-corrected chi connectivity index (χ4v) is 3.11. The average Bonchev–Trinajstić information content (AvgIpc) is 3.19. The van der Waals surface area contributed by atoms with Gasteiger partial charge in [0.05, 0.1) is 6.10 Å². The number of hydrogen-bond acceptors (Lipinski definition) is 3. The van der Waals surface area contributed by atoms with Crippen molar-refractivity contribution in [2.24, 2.45) is 0 Å². The maximum absolute atomic E-state index is 12.4. The van der Waals surface area contributed by atoms with Crippen LogP contribution in [-0.2, 0) is 9.53 Å². The third-order valence-electron chi connectivity index (χ3n) is 4.35. The van der Waals surface area contributed by atoms with E-state index in [4.69, 9.17) is 4.74 Å². The van der Waals surface area contributed by atoms with Gasteiger partial charge in [0, 0.05) is 25.4 Å². The molecule has 23 heavy (non-hydrogen) atoms. The minimum absolute atomic E-state index is 0.0505. The summed E-state index contributed by atoms with van der Waals surface area (Å²) in [7, 11) is 0. The second-order valence-corrected chi connectivity index (χ2v) is 5.99. The first-order valence-electron chi connectivity index (χ1n) is 8.26. The summed E-state index contributed by atoms with van der Waals surface area (Å²) in [6.07, 6.45) is 3.88. The Morgan fingerprint density at radius 2 is 2.09 bits per heavy atom. The van der Waals surface area contributed by atoms with Crippen LogP contribution in [0.15, 0.2) is 30.3 Å². The molecule has 0 aromatic heterocycles. The van der Waals surface area contributed by atoms with Crippen LogP contribution in [-0.4, -0.2) is 43.8 Å². The van der Waals surface area contributed by atoms with Gasteiger partial charge in [-0.2, -0.15) is 0 Å². The van der Waals surface area contributed by atoms with E-state index in [0.29, 0.717) is 19.5 Å². The number of amides is 3. The SMILES string of the molecule is O=C(NCCC1CCCO1)NC1CCN(c2ccccc2)C1=O. The van der Waals surface area contributed by atoms with Crippen molar-refractivity contribution >= 4 is 17.6 Å². The zero-order valence-electron chi connectivity index (χ0n) is 13.2. The summed E-state index contributed by atoms with van der Waals surface area (Å²) in [6.45, 7) is 2.02. The molecule has 6 heteroatoms. The quantitative estimate of drug-likeness (QED) is 0.868. The van der Waals surface area contributed by atoms with E-state index in [1.807, 2.05) is 30.3 Å². The third-order valence-corrected chi connectivity index (χ3v) is 4.35. The van der Waals surface area contributed by atoms with Crippen molar-refractivity contribution in [1.82, 2.24) is 10.6 Å². The van der Waals surface area contributed by atoms with Gasteiger partial charge in [-0.1, -0.05) is 18.2 Å². The first-order chi connectivity index (χ1) is 11.2. The van der Waals surface area contributed by atoms with Gasteiger partial charge in [-0.05, 0) is 37.8 Å². The van der Waals surface area contributed by atoms with Crippen molar-refractivity contribution in [3.05, 3.63) is 30.3 Å².